The maximum Gasteiger partial charge on any atom is 0.213 e. The van der Waals surface area contributed by atoms with E-state index < -0.39 is 0 Å². The summed E-state index contributed by atoms with van der Waals surface area (Å²) in [6.07, 6.45) is 3.15. The molecule has 0 aliphatic heterocycles. The number of aromatic nitrogens is 3. The maximum absolute atomic E-state index is 9.18. The summed E-state index contributed by atoms with van der Waals surface area (Å²) in [6, 6.07) is 9.98. The predicted molar refractivity (Wildman–Crippen MR) is 83.3 cm³/mol. The SMILES string of the molecule is CN(C)/C=N/c1c(C#N)cnn1-c1nc2ccccc2s1. The van der Waals surface area contributed by atoms with Gasteiger partial charge in [0.15, 0.2) is 5.82 Å². The van der Waals surface area contributed by atoms with Gasteiger partial charge in [-0.1, -0.05) is 23.5 Å². The van der Waals surface area contributed by atoms with Crippen molar-refractivity contribution >= 4 is 33.7 Å². The highest BCUT2D eigenvalue weighted by atomic mass is 32.1. The Bertz CT molecular complexity index is 819. The van der Waals surface area contributed by atoms with Crippen molar-refractivity contribution in [3.05, 3.63) is 36.0 Å². The van der Waals surface area contributed by atoms with Crippen molar-refractivity contribution < 1.29 is 0 Å². The van der Waals surface area contributed by atoms with Crippen LogP contribution < -0.4 is 0 Å². The highest BCUT2D eigenvalue weighted by Crippen LogP contribution is 2.28. The molecule has 0 spiro atoms. The van der Waals surface area contributed by atoms with Crippen molar-refractivity contribution in [2.45, 2.75) is 0 Å². The van der Waals surface area contributed by atoms with E-state index in [1.807, 2.05) is 38.4 Å². The monoisotopic (exact) mass is 296 g/mol. The number of rotatable bonds is 3. The van der Waals surface area contributed by atoms with Gasteiger partial charge >= 0.3 is 0 Å². The van der Waals surface area contributed by atoms with Gasteiger partial charge in [-0.05, 0) is 12.1 Å². The minimum atomic E-state index is 0.423. The molecular weight excluding hydrogens is 284 g/mol. The number of fused-ring (bicyclic) bond motifs is 1. The van der Waals surface area contributed by atoms with Crippen molar-refractivity contribution in [1.29, 1.82) is 5.26 Å². The molecule has 104 valence electrons. The summed E-state index contributed by atoms with van der Waals surface area (Å²) in [6.45, 7) is 0. The molecule has 0 unspecified atom stereocenters. The van der Waals surface area contributed by atoms with Crippen molar-refractivity contribution in [1.82, 2.24) is 19.7 Å². The molecule has 0 fully saturated rings. The van der Waals surface area contributed by atoms with Gasteiger partial charge in [0.25, 0.3) is 0 Å². The van der Waals surface area contributed by atoms with E-state index in [-0.39, 0.29) is 0 Å². The molecule has 0 amide bonds. The first-order valence-electron chi connectivity index (χ1n) is 6.23. The van der Waals surface area contributed by atoms with E-state index >= 15 is 0 Å². The van der Waals surface area contributed by atoms with Gasteiger partial charge < -0.3 is 4.90 Å². The number of hydrogen-bond donors (Lipinski definition) is 0. The Morgan fingerprint density at radius 1 is 1.38 bits per heavy atom. The minimum Gasteiger partial charge on any atom is -0.369 e. The summed E-state index contributed by atoms with van der Waals surface area (Å²) in [7, 11) is 3.74. The number of thiazole rings is 1. The van der Waals surface area contributed by atoms with Crippen LogP contribution >= 0.6 is 11.3 Å². The molecule has 6 nitrogen and oxygen atoms in total. The van der Waals surface area contributed by atoms with Gasteiger partial charge in [0.1, 0.15) is 11.6 Å². The lowest BCUT2D eigenvalue weighted by molar-refractivity contribution is 0.642. The summed E-state index contributed by atoms with van der Waals surface area (Å²) in [5.74, 6) is 0.491. The summed E-state index contributed by atoms with van der Waals surface area (Å²) >= 11 is 1.52. The lowest BCUT2D eigenvalue weighted by atomic mass is 10.3. The third-order valence-corrected chi connectivity index (χ3v) is 3.75. The lowest BCUT2D eigenvalue weighted by Crippen LogP contribution is -2.07. The predicted octanol–water partition coefficient (Wildman–Crippen LogP) is 2.58. The Morgan fingerprint density at radius 2 is 2.19 bits per heavy atom. The molecule has 0 aliphatic rings. The third kappa shape index (κ3) is 2.49. The third-order valence-electron chi connectivity index (χ3n) is 2.74. The molecule has 0 N–H and O–H groups in total. The van der Waals surface area contributed by atoms with Crippen molar-refractivity contribution in [2.75, 3.05) is 14.1 Å². The fourth-order valence-electron chi connectivity index (χ4n) is 1.81. The Labute approximate surface area is 125 Å². The smallest absolute Gasteiger partial charge is 0.213 e. The summed E-state index contributed by atoms with van der Waals surface area (Å²) < 4.78 is 2.67. The fourth-order valence-corrected chi connectivity index (χ4v) is 2.73. The zero-order valence-corrected chi connectivity index (χ0v) is 12.4. The van der Waals surface area contributed by atoms with Crippen LogP contribution in [0.2, 0.25) is 0 Å². The molecule has 21 heavy (non-hydrogen) atoms. The summed E-state index contributed by atoms with van der Waals surface area (Å²) in [4.78, 5) is 10.7. The van der Waals surface area contributed by atoms with E-state index in [9.17, 15) is 5.26 Å². The van der Waals surface area contributed by atoms with Crippen LogP contribution in [0.5, 0.6) is 0 Å². The van der Waals surface area contributed by atoms with E-state index in [0.29, 0.717) is 16.5 Å². The zero-order chi connectivity index (χ0) is 14.8. The number of hydrogen-bond acceptors (Lipinski definition) is 5. The topological polar surface area (TPSA) is 70.1 Å². The zero-order valence-electron chi connectivity index (χ0n) is 11.6. The molecule has 0 saturated heterocycles. The molecule has 0 saturated carbocycles. The number of benzene rings is 1. The van der Waals surface area contributed by atoms with Crippen LogP contribution in [0.3, 0.4) is 0 Å². The van der Waals surface area contributed by atoms with Crippen LogP contribution in [0.15, 0.2) is 35.5 Å². The Kier molecular flexibility index (Phi) is 3.38. The Morgan fingerprint density at radius 3 is 2.90 bits per heavy atom. The fraction of sp³-hybridized carbons (Fsp3) is 0.143. The minimum absolute atomic E-state index is 0.423. The average Bonchev–Trinajstić information content (AvgIpc) is 3.07. The largest absolute Gasteiger partial charge is 0.369 e. The van der Waals surface area contributed by atoms with E-state index in [2.05, 4.69) is 21.1 Å². The molecule has 0 radical (unpaired) electrons. The molecule has 2 heterocycles. The first kappa shape index (κ1) is 13.3. The van der Waals surface area contributed by atoms with E-state index in [4.69, 9.17) is 0 Å². The molecule has 7 heteroatoms. The van der Waals surface area contributed by atoms with Gasteiger partial charge in [-0.15, -0.1) is 0 Å². The van der Waals surface area contributed by atoms with Crippen molar-refractivity contribution in [3.63, 3.8) is 0 Å². The first-order valence-corrected chi connectivity index (χ1v) is 7.05. The molecule has 3 aromatic rings. The normalized spacial score (nSPS) is 11.1. The second-order valence-corrected chi connectivity index (χ2v) is 5.59. The highest BCUT2D eigenvalue weighted by Gasteiger charge is 2.14. The Balaban J connectivity index is 2.13. The number of nitrogens with zero attached hydrogens (tertiary/aromatic N) is 6. The van der Waals surface area contributed by atoms with Crippen LogP contribution in [0.25, 0.3) is 15.3 Å². The van der Waals surface area contributed by atoms with Crippen LogP contribution in [-0.2, 0) is 0 Å². The molecule has 1 aromatic carbocycles. The van der Waals surface area contributed by atoms with Gasteiger partial charge in [0.05, 0.1) is 22.8 Å². The first-order chi connectivity index (χ1) is 10.2. The van der Waals surface area contributed by atoms with Crippen molar-refractivity contribution in [3.8, 4) is 11.2 Å². The summed E-state index contributed by atoms with van der Waals surface area (Å²) in [5.41, 5.74) is 1.33. The summed E-state index contributed by atoms with van der Waals surface area (Å²) in [5, 5.41) is 14.1. The standard InChI is InChI=1S/C14H12N6S/c1-19(2)9-16-13-10(7-15)8-17-20(13)14-18-11-5-3-4-6-12(11)21-14/h3-6,8-9H,1-2H3/b16-9+. The second kappa shape index (κ2) is 5.34. The number of nitriles is 1. The van der Waals surface area contributed by atoms with Crippen molar-refractivity contribution in [2.24, 2.45) is 4.99 Å². The van der Waals surface area contributed by atoms with Crippen LogP contribution in [0, 0.1) is 11.3 Å². The van der Waals surface area contributed by atoms with Gasteiger partial charge in [0.2, 0.25) is 5.13 Å². The van der Waals surface area contributed by atoms with E-state index in [0.717, 1.165) is 10.2 Å². The number of aliphatic imine (C=N–C) groups is 1. The molecule has 3 rings (SSSR count). The van der Waals surface area contributed by atoms with Crippen LogP contribution in [-0.4, -0.2) is 40.1 Å². The average molecular weight is 296 g/mol. The molecular formula is C14H12N6S. The molecule has 0 atom stereocenters. The second-order valence-electron chi connectivity index (χ2n) is 4.58. The Hall–Kier alpha value is -2.72. The van der Waals surface area contributed by atoms with Gasteiger partial charge in [0, 0.05) is 14.1 Å². The van der Waals surface area contributed by atoms with Crippen LogP contribution in [0.1, 0.15) is 5.56 Å². The molecule has 2 aromatic heterocycles. The molecule has 0 bridgehead atoms. The van der Waals surface area contributed by atoms with Gasteiger partial charge in [-0.3, -0.25) is 0 Å². The van der Waals surface area contributed by atoms with E-state index in [1.54, 1.807) is 15.9 Å². The maximum atomic E-state index is 9.18. The number of para-hydroxylation sites is 1. The lowest BCUT2D eigenvalue weighted by Gasteiger charge is -2.03. The van der Waals surface area contributed by atoms with Crippen LogP contribution in [0.4, 0.5) is 5.82 Å². The van der Waals surface area contributed by atoms with Gasteiger partial charge in [-0.2, -0.15) is 15.0 Å². The van der Waals surface area contributed by atoms with E-state index in [1.165, 1.54) is 17.5 Å². The highest BCUT2D eigenvalue weighted by molar-refractivity contribution is 7.20. The quantitative estimate of drug-likeness (QED) is 0.550. The molecule has 0 aliphatic carbocycles. The van der Waals surface area contributed by atoms with Gasteiger partial charge in [-0.25, -0.2) is 9.98 Å².